The molecule has 4 heteroatoms. The molecule has 0 fully saturated rings. The van der Waals surface area contributed by atoms with E-state index in [9.17, 15) is 5.11 Å². The van der Waals surface area contributed by atoms with Gasteiger partial charge in [0.1, 0.15) is 0 Å². The first kappa shape index (κ1) is 18.1. The maximum atomic E-state index is 9.62. The first-order valence-electron chi connectivity index (χ1n) is 9.15. The summed E-state index contributed by atoms with van der Waals surface area (Å²) in [7, 11) is 4.11. The summed E-state index contributed by atoms with van der Waals surface area (Å²) in [5.41, 5.74) is 7.31. The van der Waals surface area contributed by atoms with E-state index in [-0.39, 0.29) is 12.5 Å². The zero-order chi connectivity index (χ0) is 19.0. The summed E-state index contributed by atoms with van der Waals surface area (Å²) in [4.78, 5) is 4.34. The molecule has 0 unspecified atom stereocenters. The lowest BCUT2D eigenvalue weighted by Gasteiger charge is -2.37. The second kappa shape index (κ2) is 7.37. The number of aliphatic hydroxyl groups excluding tert-OH is 1. The number of fused-ring (bicyclic) bond motifs is 2. The van der Waals surface area contributed by atoms with Gasteiger partial charge in [0.25, 0.3) is 0 Å². The molecule has 3 aromatic carbocycles. The Labute approximate surface area is 169 Å². The van der Waals surface area contributed by atoms with Gasteiger partial charge in [0.05, 0.1) is 12.3 Å². The molecule has 1 aliphatic heterocycles. The molecule has 0 bridgehead atoms. The molecule has 0 radical (unpaired) electrons. The van der Waals surface area contributed by atoms with E-state index in [1.54, 1.807) is 0 Å². The van der Waals surface area contributed by atoms with E-state index in [1.165, 1.54) is 28.1 Å². The number of nitrogens with zero attached hydrogens (tertiary/aromatic N) is 2. The van der Waals surface area contributed by atoms with Gasteiger partial charge in [0, 0.05) is 42.4 Å². The topological polar surface area (TPSA) is 26.7 Å². The maximum Gasteiger partial charge on any atom is 0.0610 e. The number of anilines is 3. The van der Waals surface area contributed by atoms with Gasteiger partial charge in [-0.15, -0.1) is 0 Å². The van der Waals surface area contributed by atoms with Gasteiger partial charge >= 0.3 is 0 Å². The number of benzene rings is 3. The number of β-amino-alcohol motifs (C(OH)–C–C–N with tert-alkyl or cyclic N) is 1. The molecule has 3 aromatic rings. The minimum absolute atomic E-state index is 0.121. The van der Waals surface area contributed by atoms with Crippen LogP contribution in [0.25, 0.3) is 0 Å². The number of rotatable bonds is 4. The summed E-state index contributed by atoms with van der Waals surface area (Å²) < 4.78 is 1.10. The third-order valence-electron chi connectivity index (χ3n) is 5.19. The van der Waals surface area contributed by atoms with Crippen LogP contribution in [0.15, 0.2) is 71.2 Å². The van der Waals surface area contributed by atoms with Gasteiger partial charge < -0.3 is 14.9 Å². The Morgan fingerprint density at radius 2 is 1.52 bits per heavy atom. The number of hydrogen-bond acceptors (Lipinski definition) is 3. The number of hydrogen-bond donors (Lipinski definition) is 1. The smallest absolute Gasteiger partial charge is 0.0610 e. The second-order valence-corrected chi connectivity index (χ2v) is 7.89. The van der Waals surface area contributed by atoms with Crippen LogP contribution in [0.1, 0.15) is 22.6 Å². The van der Waals surface area contributed by atoms with Gasteiger partial charge in [-0.3, -0.25) is 0 Å². The van der Waals surface area contributed by atoms with E-state index in [0.717, 1.165) is 10.2 Å². The predicted molar refractivity (Wildman–Crippen MR) is 116 cm³/mol. The van der Waals surface area contributed by atoms with Crippen LogP contribution in [0.4, 0.5) is 17.1 Å². The van der Waals surface area contributed by atoms with Crippen LogP contribution in [-0.2, 0) is 0 Å². The van der Waals surface area contributed by atoms with Gasteiger partial charge in [-0.1, -0.05) is 42.5 Å². The molecule has 1 heterocycles. The number of aliphatic hydroxyl groups is 1. The van der Waals surface area contributed by atoms with Crippen molar-refractivity contribution in [1.82, 2.24) is 0 Å². The minimum Gasteiger partial charge on any atom is -0.395 e. The van der Waals surface area contributed by atoms with Gasteiger partial charge in [-0.2, -0.15) is 0 Å². The Bertz CT molecular complexity index is 923. The van der Waals surface area contributed by atoms with Gasteiger partial charge in [-0.25, -0.2) is 0 Å². The van der Waals surface area contributed by atoms with Gasteiger partial charge in [0.2, 0.25) is 0 Å². The largest absolute Gasteiger partial charge is 0.395 e. The minimum atomic E-state index is 0.121. The molecule has 0 atom stereocenters. The highest BCUT2D eigenvalue weighted by Crippen LogP contribution is 2.48. The summed E-state index contributed by atoms with van der Waals surface area (Å²) in [6.45, 7) is 0.709. The van der Waals surface area contributed by atoms with Crippen molar-refractivity contribution in [3.8, 4) is 0 Å². The quantitative estimate of drug-likeness (QED) is 0.630. The van der Waals surface area contributed by atoms with Crippen molar-refractivity contribution in [3.05, 3.63) is 87.9 Å². The molecular formula is C23H23BrN2O. The van der Waals surface area contributed by atoms with Gasteiger partial charge in [0.15, 0.2) is 0 Å². The average Bonchev–Trinajstić information content (AvgIpc) is 2.67. The van der Waals surface area contributed by atoms with Crippen molar-refractivity contribution in [2.45, 2.75) is 5.92 Å². The van der Waals surface area contributed by atoms with Crippen molar-refractivity contribution < 1.29 is 5.11 Å². The van der Waals surface area contributed by atoms with Crippen LogP contribution >= 0.6 is 15.9 Å². The maximum absolute atomic E-state index is 9.62. The van der Waals surface area contributed by atoms with Crippen LogP contribution in [0.5, 0.6) is 0 Å². The van der Waals surface area contributed by atoms with Crippen LogP contribution in [-0.4, -0.2) is 32.4 Å². The van der Waals surface area contributed by atoms with E-state index in [4.69, 9.17) is 0 Å². The monoisotopic (exact) mass is 422 g/mol. The van der Waals surface area contributed by atoms with Crippen molar-refractivity contribution in [3.63, 3.8) is 0 Å². The lowest BCUT2D eigenvalue weighted by Crippen LogP contribution is -2.28. The molecule has 4 rings (SSSR count). The normalized spacial score (nSPS) is 13.3. The molecule has 138 valence electrons. The lowest BCUT2D eigenvalue weighted by atomic mass is 9.80. The van der Waals surface area contributed by atoms with E-state index in [2.05, 4.69) is 107 Å². The summed E-state index contributed by atoms with van der Waals surface area (Å²) in [5, 5.41) is 9.62. The van der Waals surface area contributed by atoms with Crippen LogP contribution in [0.2, 0.25) is 0 Å². The fourth-order valence-corrected chi connectivity index (χ4v) is 4.77. The van der Waals surface area contributed by atoms with E-state index < -0.39 is 0 Å². The summed E-state index contributed by atoms with van der Waals surface area (Å²) in [6.07, 6.45) is 0. The van der Waals surface area contributed by atoms with Crippen molar-refractivity contribution in [1.29, 1.82) is 0 Å². The van der Waals surface area contributed by atoms with Crippen LogP contribution in [0.3, 0.4) is 0 Å². The average molecular weight is 423 g/mol. The number of halogens is 1. The highest BCUT2D eigenvalue weighted by Gasteiger charge is 2.31. The SMILES string of the molecule is CN(C)c1ccc(C2c3ccccc3N(CCO)c3ccccc32)cc1Br. The third-order valence-corrected chi connectivity index (χ3v) is 5.82. The molecule has 3 nitrogen and oxygen atoms in total. The summed E-state index contributed by atoms with van der Waals surface area (Å²) >= 11 is 3.75. The highest BCUT2D eigenvalue weighted by molar-refractivity contribution is 9.10. The Morgan fingerprint density at radius 1 is 0.926 bits per heavy atom. The molecule has 1 aliphatic rings. The number of para-hydroxylation sites is 2. The zero-order valence-corrected chi connectivity index (χ0v) is 17.1. The Hall–Kier alpha value is -2.30. The third kappa shape index (κ3) is 3.13. The van der Waals surface area contributed by atoms with E-state index in [1.807, 2.05) is 0 Å². The Kier molecular flexibility index (Phi) is 4.94. The van der Waals surface area contributed by atoms with Crippen molar-refractivity contribution in [2.24, 2.45) is 0 Å². The molecule has 0 saturated carbocycles. The molecule has 0 spiro atoms. The summed E-state index contributed by atoms with van der Waals surface area (Å²) in [5.74, 6) is 0.167. The van der Waals surface area contributed by atoms with Crippen LogP contribution < -0.4 is 9.80 Å². The molecular weight excluding hydrogens is 400 g/mol. The fraction of sp³-hybridized carbons (Fsp3) is 0.217. The van der Waals surface area contributed by atoms with Gasteiger partial charge in [-0.05, 0) is 56.9 Å². The van der Waals surface area contributed by atoms with Crippen LogP contribution in [0, 0.1) is 0 Å². The molecule has 0 amide bonds. The molecule has 27 heavy (non-hydrogen) atoms. The first-order chi connectivity index (χ1) is 13.1. The highest BCUT2D eigenvalue weighted by atomic mass is 79.9. The predicted octanol–water partition coefficient (Wildman–Crippen LogP) is 5.14. The fourth-order valence-electron chi connectivity index (χ4n) is 4.02. The van der Waals surface area contributed by atoms with E-state index in [0.29, 0.717) is 6.54 Å². The first-order valence-corrected chi connectivity index (χ1v) is 9.94. The molecule has 0 aromatic heterocycles. The molecule has 0 saturated heterocycles. The standard InChI is InChI=1S/C23H23BrN2O/c1-25(2)22-12-11-16(15-19(22)24)23-17-7-3-5-9-20(17)26(13-14-27)21-10-6-4-8-18(21)23/h3-12,15,23,27H,13-14H2,1-2H3. The van der Waals surface area contributed by atoms with E-state index >= 15 is 0 Å². The Balaban J connectivity index is 1.92. The Morgan fingerprint density at radius 3 is 2.04 bits per heavy atom. The molecule has 0 aliphatic carbocycles. The second-order valence-electron chi connectivity index (χ2n) is 7.03. The molecule has 1 N–H and O–H groups in total. The van der Waals surface area contributed by atoms with Crippen molar-refractivity contribution >= 4 is 33.0 Å². The lowest BCUT2D eigenvalue weighted by molar-refractivity contribution is 0.305. The summed E-state index contributed by atoms with van der Waals surface area (Å²) in [6, 6.07) is 23.7. The zero-order valence-electron chi connectivity index (χ0n) is 15.6. The van der Waals surface area contributed by atoms with Crippen molar-refractivity contribution in [2.75, 3.05) is 37.0 Å².